The third-order valence-corrected chi connectivity index (χ3v) is 4.15. The van der Waals surface area contributed by atoms with Crippen molar-refractivity contribution in [1.29, 1.82) is 0 Å². The summed E-state index contributed by atoms with van der Waals surface area (Å²) in [6.45, 7) is 8.88. The summed E-state index contributed by atoms with van der Waals surface area (Å²) in [6, 6.07) is 3.95. The SMILES string of the molecule is CCCCOc1ncccc1CN=C(NCC)NCCCOCC1CC1.I. The average molecular weight is 490 g/mol. The van der Waals surface area contributed by atoms with Crippen LogP contribution in [0.25, 0.3) is 0 Å². The summed E-state index contributed by atoms with van der Waals surface area (Å²) < 4.78 is 11.4. The molecule has 0 bridgehead atoms. The van der Waals surface area contributed by atoms with Gasteiger partial charge in [-0.15, -0.1) is 24.0 Å². The fourth-order valence-electron chi connectivity index (χ4n) is 2.41. The molecule has 0 amide bonds. The monoisotopic (exact) mass is 490 g/mol. The van der Waals surface area contributed by atoms with Crippen LogP contribution in [0.15, 0.2) is 23.3 Å². The lowest BCUT2D eigenvalue weighted by Gasteiger charge is -2.12. The van der Waals surface area contributed by atoms with E-state index in [1.165, 1.54) is 12.8 Å². The van der Waals surface area contributed by atoms with Gasteiger partial charge in [0.25, 0.3) is 0 Å². The predicted octanol–water partition coefficient (Wildman–Crippen LogP) is 3.75. The highest BCUT2D eigenvalue weighted by molar-refractivity contribution is 14.0. The Morgan fingerprint density at radius 2 is 2.07 bits per heavy atom. The molecule has 2 rings (SSSR count). The molecule has 2 N–H and O–H groups in total. The van der Waals surface area contributed by atoms with E-state index >= 15 is 0 Å². The van der Waals surface area contributed by atoms with Crippen molar-refractivity contribution in [3.63, 3.8) is 0 Å². The standard InChI is InChI=1S/C20H34N4O2.HI/c1-3-5-14-26-19-18(8-6-11-22-19)15-24-20(21-4-2)23-12-7-13-25-16-17-9-10-17;/h6,8,11,17H,3-5,7,9-10,12-16H2,1-2H3,(H2,21,23,24);1H. The lowest BCUT2D eigenvalue weighted by Crippen LogP contribution is -2.38. The molecule has 1 aromatic heterocycles. The normalized spacial score (nSPS) is 13.8. The van der Waals surface area contributed by atoms with E-state index in [0.717, 1.165) is 63.0 Å². The van der Waals surface area contributed by atoms with Gasteiger partial charge in [0, 0.05) is 38.1 Å². The molecule has 1 saturated carbocycles. The van der Waals surface area contributed by atoms with E-state index in [4.69, 9.17) is 9.47 Å². The lowest BCUT2D eigenvalue weighted by molar-refractivity contribution is 0.123. The van der Waals surface area contributed by atoms with Crippen molar-refractivity contribution < 1.29 is 9.47 Å². The Morgan fingerprint density at radius 1 is 1.22 bits per heavy atom. The average Bonchev–Trinajstić information content (AvgIpc) is 3.48. The molecular formula is C20H35IN4O2. The van der Waals surface area contributed by atoms with Crippen LogP contribution in [0.4, 0.5) is 0 Å². The van der Waals surface area contributed by atoms with Crippen molar-refractivity contribution in [2.24, 2.45) is 10.9 Å². The highest BCUT2D eigenvalue weighted by atomic mass is 127. The van der Waals surface area contributed by atoms with Gasteiger partial charge in [-0.2, -0.15) is 0 Å². The fraction of sp³-hybridized carbons (Fsp3) is 0.700. The van der Waals surface area contributed by atoms with E-state index in [1.54, 1.807) is 6.20 Å². The zero-order valence-electron chi connectivity index (χ0n) is 16.7. The van der Waals surface area contributed by atoms with Crippen molar-refractivity contribution in [1.82, 2.24) is 15.6 Å². The molecule has 0 radical (unpaired) electrons. The molecule has 27 heavy (non-hydrogen) atoms. The van der Waals surface area contributed by atoms with Gasteiger partial charge in [-0.3, -0.25) is 0 Å². The van der Waals surface area contributed by atoms with E-state index in [2.05, 4.69) is 34.5 Å². The van der Waals surface area contributed by atoms with Crippen LogP contribution in [0, 0.1) is 5.92 Å². The molecule has 0 saturated heterocycles. The number of unbranched alkanes of at least 4 members (excludes halogenated alkanes) is 1. The Bertz CT molecular complexity index is 538. The second-order valence-electron chi connectivity index (χ2n) is 6.66. The molecule has 0 unspecified atom stereocenters. The van der Waals surface area contributed by atoms with Gasteiger partial charge >= 0.3 is 0 Å². The number of ether oxygens (including phenoxy) is 2. The Labute approximate surface area is 180 Å². The number of aromatic nitrogens is 1. The maximum atomic E-state index is 5.78. The molecule has 7 heteroatoms. The van der Waals surface area contributed by atoms with E-state index < -0.39 is 0 Å². The van der Waals surface area contributed by atoms with E-state index in [1.807, 2.05) is 12.1 Å². The van der Waals surface area contributed by atoms with Gasteiger partial charge in [0.1, 0.15) is 0 Å². The van der Waals surface area contributed by atoms with Gasteiger partial charge in [-0.1, -0.05) is 19.4 Å². The third kappa shape index (κ3) is 10.7. The lowest BCUT2D eigenvalue weighted by atomic mass is 10.2. The van der Waals surface area contributed by atoms with Crippen molar-refractivity contribution in [3.05, 3.63) is 23.9 Å². The topological polar surface area (TPSA) is 67.8 Å². The largest absolute Gasteiger partial charge is 0.477 e. The summed E-state index contributed by atoms with van der Waals surface area (Å²) in [5.74, 6) is 2.34. The van der Waals surface area contributed by atoms with Crippen LogP contribution in [0.2, 0.25) is 0 Å². The second kappa shape index (κ2) is 14.9. The highest BCUT2D eigenvalue weighted by Crippen LogP contribution is 2.28. The summed E-state index contributed by atoms with van der Waals surface area (Å²) >= 11 is 0. The quantitative estimate of drug-likeness (QED) is 0.191. The number of aliphatic imine (C=N–C) groups is 1. The summed E-state index contributed by atoms with van der Waals surface area (Å²) in [7, 11) is 0. The number of halogens is 1. The summed E-state index contributed by atoms with van der Waals surface area (Å²) in [4.78, 5) is 9.00. The fourth-order valence-corrected chi connectivity index (χ4v) is 2.41. The highest BCUT2D eigenvalue weighted by Gasteiger charge is 2.20. The van der Waals surface area contributed by atoms with Crippen LogP contribution in [0.3, 0.4) is 0 Å². The van der Waals surface area contributed by atoms with Gasteiger partial charge in [-0.25, -0.2) is 9.98 Å². The molecule has 0 aromatic carbocycles. The number of pyridine rings is 1. The number of nitrogens with one attached hydrogen (secondary N) is 2. The molecule has 1 fully saturated rings. The van der Waals surface area contributed by atoms with Gasteiger partial charge < -0.3 is 20.1 Å². The zero-order valence-corrected chi connectivity index (χ0v) is 19.0. The van der Waals surface area contributed by atoms with Crippen LogP contribution >= 0.6 is 24.0 Å². The molecule has 1 aliphatic rings. The van der Waals surface area contributed by atoms with E-state index in [9.17, 15) is 0 Å². The summed E-state index contributed by atoms with van der Waals surface area (Å²) in [5.41, 5.74) is 1.01. The Kier molecular flexibility index (Phi) is 13.2. The van der Waals surface area contributed by atoms with Crippen molar-refractivity contribution in [3.8, 4) is 5.88 Å². The Hall–Kier alpha value is -1.09. The molecule has 6 nitrogen and oxygen atoms in total. The van der Waals surface area contributed by atoms with Crippen LogP contribution in [-0.2, 0) is 11.3 Å². The van der Waals surface area contributed by atoms with E-state index in [-0.39, 0.29) is 24.0 Å². The van der Waals surface area contributed by atoms with Crippen LogP contribution < -0.4 is 15.4 Å². The predicted molar refractivity (Wildman–Crippen MR) is 121 cm³/mol. The second-order valence-corrected chi connectivity index (χ2v) is 6.66. The number of hydrogen-bond acceptors (Lipinski definition) is 4. The molecule has 1 aliphatic carbocycles. The van der Waals surface area contributed by atoms with Crippen LogP contribution in [0.1, 0.15) is 51.5 Å². The minimum absolute atomic E-state index is 0. The molecule has 0 spiro atoms. The van der Waals surface area contributed by atoms with Gasteiger partial charge in [0.2, 0.25) is 5.88 Å². The van der Waals surface area contributed by atoms with Gasteiger partial charge in [0.15, 0.2) is 5.96 Å². The molecule has 0 aliphatic heterocycles. The minimum atomic E-state index is 0. The molecule has 1 heterocycles. The Morgan fingerprint density at radius 3 is 2.81 bits per heavy atom. The maximum absolute atomic E-state index is 5.78. The van der Waals surface area contributed by atoms with Crippen molar-refractivity contribution in [2.45, 2.75) is 52.5 Å². The number of rotatable bonds is 13. The third-order valence-electron chi connectivity index (χ3n) is 4.15. The number of hydrogen-bond donors (Lipinski definition) is 2. The smallest absolute Gasteiger partial charge is 0.218 e. The first-order chi connectivity index (χ1) is 12.8. The number of guanidine groups is 1. The molecular weight excluding hydrogens is 455 g/mol. The number of nitrogens with zero attached hydrogens (tertiary/aromatic N) is 2. The first kappa shape index (κ1) is 23.9. The summed E-state index contributed by atoms with van der Waals surface area (Å²) in [6.07, 6.45) is 7.57. The van der Waals surface area contributed by atoms with Crippen LogP contribution in [-0.4, -0.2) is 43.9 Å². The molecule has 1 aromatic rings. The summed E-state index contributed by atoms with van der Waals surface area (Å²) in [5, 5.41) is 6.64. The molecule has 154 valence electrons. The van der Waals surface area contributed by atoms with Crippen molar-refractivity contribution in [2.75, 3.05) is 32.9 Å². The van der Waals surface area contributed by atoms with Gasteiger partial charge in [0.05, 0.1) is 13.2 Å². The van der Waals surface area contributed by atoms with Crippen LogP contribution in [0.5, 0.6) is 5.88 Å². The first-order valence-electron chi connectivity index (χ1n) is 10.00. The first-order valence-corrected chi connectivity index (χ1v) is 10.00. The van der Waals surface area contributed by atoms with E-state index in [0.29, 0.717) is 19.0 Å². The maximum Gasteiger partial charge on any atom is 0.218 e. The molecule has 0 atom stereocenters. The van der Waals surface area contributed by atoms with Crippen molar-refractivity contribution >= 4 is 29.9 Å². The zero-order chi connectivity index (χ0) is 18.5. The Balaban J connectivity index is 0.00000364. The minimum Gasteiger partial charge on any atom is -0.477 e. The van der Waals surface area contributed by atoms with Gasteiger partial charge in [-0.05, 0) is 44.6 Å².